The van der Waals surface area contributed by atoms with Crippen LogP contribution in [0.5, 0.6) is 0 Å². The van der Waals surface area contributed by atoms with E-state index in [0.717, 1.165) is 11.1 Å². The number of carbonyl (C=O) groups is 2. The van der Waals surface area contributed by atoms with Crippen molar-refractivity contribution in [2.75, 3.05) is 0 Å². The van der Waals surface area contributed by atoms with Crippen molar-refractivity contribution in [1.29, 1.82) is 0 Å². The van der Waals surface area contributed by atoms with Gasteiger partial charge in [0.05, 0.1) is 6.42 Å². The lowest BCUT2D eigenvalue weighted by molar-refractivity contribution is -0.141. The van der Waals surface area contributed by atoms with Gasteiger partial charge in [0.1, 0.15) is 6.04 Å². The summed E-state index contributed by atoms with van der Waals surface area (Å²) in [4.78, 5) is 28.1. The molecule has 0 fully saturated rings. The minimum atomic E-state index is -0.599. The molecule has 0 saturated heterocycles. The quantitative estimate of drug-likeness (QED) is 0.601. The molecule has 0 aromatic heterocycles. The largest absolute Gasteiger partial charge is 0.350 e. The Morgan fingerprint density at radius 2 is 1.63 bits per heavy atom. The highest BCUT2D eigenvalue weighted by Gasteiger charge is 2.31. The number of nitrogens with one attached hydrogen (secondary N) is 1. The van der Waals surface area contributed by atoms with Gasteiger partial charge in [-0.25, -0.2) is 0 Å². The van der Waals surface area contributed by atoms with E-state index < -0.39 is 11.6 Å². The lowest BCUT2D eigenvalue weighted by Gasteiger charge is -2.33. The monoisotopic (exact) mass is 448 g/mol. The Morgan fingerprint density at radius 3 is 2.17 bits per heavy atom. The molecule has 0 heterocycles. The standard InChI is InChI=1S/C24H30Cl2N2O2/c1-6-21(23(30)27-24(3,4)5)28(15-17-11-8-7-10-16(17)2)22(29)14-18-19(25)12-9-13-20(18)26/h7-13,21H,6,14-15H2,1-5H3,(H,27,30)/t21-/m0/s1. The van der Waals surface area contributed by atoms with E-state index in [0.29, 0.717) is 28.6 Å². The van der Waals surface area contributed by atoms with Crippen LogP contribution < -0.4 is 5.32 Å². The molecule has 2 rings (SSSR count). The molecule has 1 N–H and O–H groups in total. The number of aryl methyl sites for hydroxylation is 1. The molecule has 6 heteroatoms. The lowest BCUT2D eigenvalue weighted by Crippen LogP contribution is -2.53. The Hall–Kier alpha value is -2.04. The van der Waals surface area contributed by atoms with Gasteiger partial charge in [-0.2, -0.15) is 0 Å². The van der Waals surface area contributed by atoms with Crippen LogP contribution in [0.15, 0.2) is 42.5 Å². The highest BCUT2D eigenvalue weighted by Crippen LogP contribution is 2.26. The second-order valence-electron chi connectivity index (χ2n) is 8.49. The van der Waals surface area contributed by atoms with Crippen LogP contribution >= 0.6 is 23.2 Å². The third-order valence-electron chi connectivity index (χ3n) is 4.88. The summed E-state index contributed by atoms with van der Waals surface area (Å²) in [5.41, 5.74) is 2.25. The maximum absolute atomic E-state index is 13.4. The third kappa shape index (κ3) is 6.48. The number of amides is 2. The fourth-order valence-electron chi connectivity index (χ4n) is 3.30. The molecule has 0 saturated carbocycles. The molecular weight excluding hydrogens is 419 g/mol. The molecule has 0 aliphatic carbocycles. The molecule has 4 nitrogen and oxygen atoms in total. The Labute approximate surface area is 189 Å². The van der Waals surface area contributed by atoms with Gasteiger partial charge >= 0.3 is 0 Å². The molecular formula is C24H30Cl2N2O2. The van der Waals surface area contributed by atoms with Crippen LogP contribution in [0.1, 0.15) is 50.8 Å². The van der Waals surface area contributed by atoms with Crippen molar-refractivity contribution < 1.29 is 9.59 Å². The summed E-state index contributed by atoms with van der Waals surface area (Å²) >= 11 is 12.6. The molecule has 2 amide bonds. The van der Waals surface area contributed by atoms with Crippen LogP contribution in [0.2, 0.25) is 10.0 Å². The molecule has 0 aliphatic rings. The van der Waals surface area contributed by atoms with E-state index in [-0.39, 0.29) is 18.2 Å². The number of carbonyl (C=O) groups excluding carboxylic acids is 2. The van der Waals surface area contributed by atoms with Gasteiger partial charge in [0, 0.05) is 22.1 Å². The Balaban J connectivity index is 2.40. The zero-order chi connectivity index (χ0) is 22.5. The van der Waals surface area contributed by atoms with Gasteiger partial charge < -0.3 is 10.2 Å². The van der Waals surface area contributed by atoms with Crippen LogP contribution in [-0.2, 0) is 22.6 Å². The molecule has 162 valence electrons. The zero-order valence-electron chi connectivity index (χ0n) is 18.3. The molecule has 1 atom stereocenters. The second-order valence-corrected chi connectivity index (χ2v) is 9.30. The summed E-state index contributed by atoms with van der Waals surface area (Å²) in [7, 11) is 0. The summed E-state index contributed by atoms with van der Waals surface area (Å²) in [5.74, 6) is -0.360. The second kappa shape index (κ2) is 10.3. The Morgan fingerprint density at radius 1 is 1.03 bits per heavy atom. The van der Waals surface area contributed by atoms with Crippen molar-refractivity contribution >= 4 is 35.0 Å². The topological polar surface area (TPSA) is 49.4 Å². The molecule has 0 radical (unpaired) electrons. The van der Waals surface area contributed by atoms with E-state index in [4.69, 9.17) is 23.2 Å². The average molecular weight is 449 g/mol. The predicted octanol–water partition coefficient (Wildman–Crippen LogP) is 5.57. The molecule has 2 aromatic carbocycles. The molecule has 0 aliphatic heterocycles. The summed E-state index contributed by atoms with van der Waals surface area (Å²) in [6.45, 7) is 10.0. The van der Waals surface area contributed by atoms with Crippen LogP contribution in [0.25, 0.3) is 0 Å². The summed E-state index contributed by atoms with van der Waals surface area (Å²) in [5, 5.41) is 3.89. The van der Waals surface area contributed by atoms with Crippen molar-refractivity contribution in [2.45, 2.75) is 65.6 Å². The summed E-state index contributed by atoms with van der Waals surface area (Å²) in [6.07, 6.45) is 0.527. The number of hydrogen-bond donors (Lipinski definition) is 1. The van der Waals surface area contributed by atoms with Crippen molar-refractivity contribution in [3.63, 3.8) is 0 Å². The molecule has 2 aromatic rings. The molecule has 0 bridgehead atoms. The van der Waals surface area contributed by atoms with Gasteiger partial charge in [-0.3, -0.25) is 9.59 Å². The molecule has 30 heavy (non-hydrogen) atoms. The van der Waals surface area contributed by atoms with Crippen molar-refractivity contribution in [1.82, 2.24) is 10.2 Å². The van der Waals surface area contributed by atoms with Crippen molar-refractivity contribution in [2.24, 2.45) is 0 Å². The normalized spacial score (nSPS) is 12.4. The van der Waals surface area contributed by atoms with Gasteiger partial charge in [-0.1, -0.05) is 60.5 Å². The number of nitrogens with zero attached hydrogens (tertiary/aromatic N) is 1. The van der Waals surface area contributed by atoms with Crippen LogP contribution in [0.4, 0.5) is 0 Å². The SMILES string of the molecule is CC[C@@H](C(=O)NC(C)(C)C)N(Cc1ccccc1C)C(=O)Cc1c(Cl)cccc1Cl. The van der Waals surface area contributed by atoms with E-state index in [9.17, 15) is 9.59 Å². The van der Waals surface area contributed by atoms with Crippen LogP contribution in [0.3, 0.4) is 0 Å². The average Bonchev–Trinajstić information content (AvgIpc) is 2.64. The third-order valence-corrected chi connectivity index (χ3v) is 5.58. The molecule has 0 unspecified atom stereocenters. The van der Waals surface area contributed by atoms with Gasteiger partial charge in [0.2, 0.25) is 11.8 Å². The molecule has 0 spiro atoms. The first-order chi connectivity index (χ1) is 14.0. The Bertz CT molecular complexity index is 886. The minimum absolute atomic E-state index is 0.0314. The fraction of sp³-hybridized carbons (Fsp3) is 0.417. The number of hydrogen-bond acceptors (Lipinski definition) is 2. The van der Waals surface area contributed by atoms with Crippen LogP contribution in [-0.4, -0.2) is 28.3 Å². The summed E-state index contributed by atoms with van der Waals surface area (Å²) < 4.78 is 0. The fourth-order valence-corrected chi connectivity index (χ4v) is 3.83. The smallest absolute Gasteiger partial charge is 0.243 e. The maximum atomic E-state index is 13.4. The maximum Gasteiger partial charge on any atom is 0.243 e. The van der Waals surface area contributed by atoms with Gasteiger partial charge in [0.15, 0.2) is 0 Å². The summed E-state index contributed by atoms with van der Waals surface area (Å²) in [6, 6.07) is 12.4. The zero-order valence-corrected chi connectivity index (χ0v) is 19.8. The number of rotatable bonds is 7. The van der Waals surface area contributed by atoms with Gasteiger partial charge in [-0.05, 0) is 62.9 Å². The number of halogens is 2. The minimum Gasteiger partial charge on any atom is -0.350 e. The Kier molecular flexibility index (Phi) is 8.34. The van der Waals surface area contributed by atoms with Gasteiger partial charge in [-0.15, -0.1) is 0 Å². The van der Waals surface area contributed by atoms with Crippen LogP contribution in [0, 0.1) is 6.92 Å². The predicted molar refractivity (Wildman–Crippen MR) is 124 cm³/mol. The van der Waals surface area contributed by atoms with E-state index >= 15 is 0 Å². The van der Waals surface area contributed by atoms with Crippen molar-refractivity contribution in [3.05, 3.63) is 69.2 Å². The number of benzene rings is 2. The highest BCUT2D eigenvalue weighted by atomic mass is 35.5. The van der Waals surface area contributed by atoms with Gasteiger partial charge in [0.25, 0.3) is 0 Å². The van der Waals surface area contributed by atoms with E-state index in [1.54, 1.807) is 23.1 Å². The van der Waals surface area contributed by atoms with E-state index in [2.05, 4.69) is 5.32 Å². The lowest BCUT2D eigenvalue weighted by atomic mass is 10.0. The first kappa shape index (κ1) is 24.2. The highest BCUT2D eigenvalue weighted by molar-refractivity contribution is 6.36. The van der Waals surface area contributed by atoms with E-state index in [1.165, 1.54) is 0 Å². The van der Waals surface area contributed by atoms with Crippen molar-refractivity contribution in [3.8, 4) is 0 Å². The first-order valence-corrected chi connectivity index (χ1v) is 10.9. The van der Waals surface area contributed by atoms with E-state index in [1.807, 2.05) is 58.9 Å². The first-order valence-electron chi connectivity index (χ1n) is 10.1.